The minimum Gasteiger partial charge on any atom is -0.508 e. The average Bonchev–Trinajstić information content (AvgIpc) is 2.48. The van der Waals surface area contributed by atoms with E-state index < -0.39 is 4.92 Å². The van der Waals surface area contributed by atoms with Gasteiger partial charge in [-0.3, -0.25) is 10.1 Å². The molecule has 1 aliphatic rings. The van der Waals surface area contributed by atoms with Crippen molar-refractivity contribution in [3.05, 3.63) is 33.9 Å². The van der Waals surface area contributed by atoms with E-state index >= 15 is 0 Å². The third kappa shape index (κ3) is 4.30. The lowest BCUT2D eigenvalue weighted by atomic mass is 9.86. The summed E-state index contributed by atoms with van der Waals surface area (Å²) in [5.74, 6) is 0.603. The predicted molar refractivity (Wildman–Crippen MR) is 88.8 cm³/mol. The molecule has 0 heterocycles. The van der Waals surface area contributed by atoms with Crippen LogP contribution in [0.15, 0.2) is 18.2 Å². The molecule has 1 saturated carbocycles. The number of nitro groups is 1. The first-order valence-corrected chi connectivity index (χ1v) is 7.89. The molecular formula is C15H21N3O3S. The van der Waals surface area contributed by atoms with Crippen LogP contribution < -0.4 is 10.6 Å². The molecule has 0 saturated heterocycles. The Bertz CT molecular complexity index is 565. The van der Waals surface area contributed by atoms with Crippen molar-refractivity contribution in [2.24, 2.45) is 5.92 Å². The minimum atomic E-state index is -0.483. The van der Waals surface area contributed by atoms with Crippen molar-refractivity contribution in [2.75, 3.05) is 0 Å². The van der Waals surface area contributed by atoms with Gasteiger partial charge in [-0.15, -0.1) is 0 Å². The number of hydrogen-bond donors (Lipinski definition) is 3. The van der Waals surface area contributed by atoms with Crippen LogP contribution in [0.4, 0.5) is 5.69 Å². The number of phenolic OH excluding ortho intramolecular Hbond substituents is 1. The standard InChI is InChI=1S/C15H21N3O3S/c1-10-4-2-3-5-13(10)17-15(22)16-9-11-8-12(18(20)21)6-7-14(11)19/h6-8,10,13,19H,2-5,9H2,1H3,(H2,16,17,22)/t10-,13-/m0/s1. The molecule has 7 heteroatoms. The van der Waals surface area contributed by atoms with E-state index in [1.165, 1.54) is 37.5 Å². The van der Waals surface area contributed by atoms with Crippen molar-refractivity contribution in [3.8, 4) is 5.75 Å². The van der Waals surface area contributed by atoms with Gasteiger partial charge in [-0.25, -0.2) is 0 Å². The van der Waals surface area contributed by atoms with E-state index in [9.17, 15) is 15.2 Å². The Labute approximate surface area is 135 Å². The number of hydrogen-bond acceptors (Lipinski definition) is 4. The zero-order chi connectivity index (χ0) is 16.1. The minimum absolute atomic E-state index is 0.0203. The molecule has 3 N–H and O–H groups in total. The van der Waals surface area contributed by atoms with Crippen LogP contribution in [0.1, 0.15) is 38.2 Å². The number of thiocarbonyl (C=S) groups is 1. The highest BCUT2D eigenvalue weighted by molar-refractivity contribution is 7.80. The van der Waals surface area contributed by atoms with Crippen LogP contribution in [0.3, 0.4) is 0 Å². The fraction of sp³-hybridized carbons (Fsp3) is 0.533. The molecule has 0 aromatic heterocycles. The van der Waals surface area contributed by atoms with Crippen LogP contribution in [0.25, 0.3) is 0 Å². The highest BCUT2D eigenvalue weighted by atomic mass is 32.1. The lowest BCUT2D eigenvalue weighted by Gasteiger charge is -2.30. The molecular weight excluding hydrogens is 302 g/mol. The third-order valence-corrected chi connectivity index (χ3v) is 4.40. The van der Waals surface area contributed by atoms with Gasteiger partial charge in [0.25, 0.3) is 5.69 Å². The molecule has 1 aliphatic carbocycles. The number of benzene rings is 1. The van der Waals surface area contributed by atoms with E-state index in [0.717, 1.165) is 6.42 Å². The number of aromatic hydroxyl groups is 1. The summed E-state index contributed by atoms with van der Waals surface area (Å²) < 4.78 is 0. The zero-order valence-corrected chi connectivity index (χ0v) is 13.4. The maximum absolute atomic E-state index is 10.8. The lowest BCUT2D eigenvalue weighted by molar-refractivity contribution is -0.384. The summed E-state index contributed by atoms with van der Waals surface area (Å²) in [4.78, 5) is 10.3. The molecule has 1 fully saturated rings. The molecule has 0 radical (unpaired) electrons. The lowest BCUT2D eigenvalue weighted by Crippen LogP contribution is -2.45. The third-order valence-electron chi connectivity index (χ3n) is 4.14. The molecule has 2 rings (SSSR count). The Kier molecular flexibility index (Phi) is 5.54. The molecule has 6 nitrogen and oxygen atoms in total. The molecule has 0 unspecified atom stereocenters. The Morgan fingerprint density at radius 2 is 2.18 bits per heavy atom. The van der Waals surface area contributed by atoms with Crippen molar-refractivity contribution in [2.45, 2.75) is 45.2 Å². The Morgan fingerprint density at radius 1 is 1.45 bits per heavy atom. The summed E-state index contributed by atoms with van der Waals surface area (Å²) in [7, 11) is 0. The Morgan fingerprint density at radius 3 is 2.86 bits per heavy atom. The number of nitro benzene ring substituents is 1. The van der Waals surface area contributed by atoms with Crippen LogP contribution in [-0.2, 0) is 6.54 Å². The SMILES string of the molecule is C[C@H]1CCCC[C@@H]1NC(=S)NCc1cc([N+](=O)[O-])ccc1O. The fourth-order valence-corrected chi connectivity index (χ4v) is 2.98. The molecule has 2 atom stereocenters. The van der Waals surface area contributed by atoms with Crippen LogP contribution in [0, 0.1) is 16.0 Å². The average molecular weight is 323 g/mol. The molecule has 0 aliphatic heterocycles. The van der Waals surface area contributed by atoms with E-state index in [0.29, 0.717) is 22.6 Å². The summed E-state index contributed by atoms with van der Waals surface area (Å²) in [5.41, 5.74) is 0.407. The number of nitrogens with zero attached hydrogens (tertiary/aromatic N) is 1. The van der Waals surface area contributed by atoms with Gasteiger partial charge in [-0.05, 0) is 37.0 Å². The molecule has 120 valence electrons. The van der Waals surface area contributed by atoms with Gasteiger partial charge < -0.3 is 15.7 Å². The largest absolute Gasteiger partial charge is 0.508 e. The molecule has 0 amide bonds. The highest BCUT2D eigenvalue weighted by Crippen LogP contribution is 2.24. The van der Waals surface area contributed by atoms with E-state index in [1.807, 2.05) is 0 Å². The van der Waals surface area contributed by atoms with Gasteiger partial charge in [0.15, 0.2) is 5.11 Å². The summed E-state index contributed by atoms with van der Waals surface area (Å²) in [6.07, 6.45) is 4.77. The van der Waals surface area contributed by atoms with Gasteiger partial charge in [0, 0.05) is 30.3 Å². The second kappa shape index (κ2) is 7.40. The number of phenols is 1. The predicted octanol–water partition coefficient (Wildman–Crippen LogP) is 2.84. The summed E-state index contributed by atoms with van der Waals surface area (Å²) in [6.45, 7) is 2.46. The van der Waals surface area contributed by atoms with Crippen LogP contribution >= 0.6 is 12.2 Å². The smallest absolute Gasteiger partial charge is 0.270 e. The van der Waals surface area contributed by atoms with Gasteiger partial charge in [-0.1, -0.05) is 19.8 Å². The van der Waals surface area contributed by atoms with Crippen LogP contribution in [0.5, 0.6) is 5.75 Å². The van der Waals surface area contributed by atoms with Crippen molar-refractivity contribution < 1.29 is 10.0 Å². The molecule has 1 aromatic carbocycles. The summed E-state index contributed by atoms with van der Waals surface area (Å²) >= 11 is 5.28. The Balaban J connectivity index is 1.90. The van der Waals surface area contributed by atoms with Gasteiger partial charge in [0.1, 0.15) is 5.75 Å². The van der Waals surface area contributed by atoms with Gasteiger partial charge in [0.2, 0.25) is 0 Å². The second-order valence-electron chi connectivity index (χ2n) is 5.77. The quantitative estimate of drug-likeness (QED) is 0.449. The fourth-order valence-electron chi connectivity index (χ4n) is 2.75. The first kappa shape index (κ1) is 16.5. The maximum atomic E-state index is 10.8. The van der Waals surface area contributed by atoms with Crippen molar-refractivity contribution in [1.82, 2.24) is 10.6 Å². The van der Waals surface area contributed by atoms with Gasteiger partial charge >= 0.3 is 0 Å². The molecule has 0 bridgehead atoms. The molecule has 22 heavy (non-hydrogen) atoms. The number of nitrogens with one attached hydrogen (secondary N) is 2. The van der Waals surface area contributed by atoms with Crippen molar-refractivity contribution in [3.63, 3.8) is 0 Å². The van der Waals surface area contributed by atoms with E-state index in [2.05, 4.69) is 17.6 Å². The van der Waals surface area contributed by atoms with Gasteiger partial charge in [0.05, 0.1) is 4.92 Å². The van der Waals surface area contributed by atoms with E-state index in [1.54, 1.807) is 0 Å². The second-order valence-corrected chi connectivity index (χ2v) is 6.17. The number of rotatable bonds is 4. The molecule has 0 spiro atoms. The topological polar surface area (TPSA) is 87.4 Å². The highest BCUT2D eigenvalue weighted by Gasteiger charge is 2.21. The number of non-ortho nitro benzene ring substituents is 1. The first-order chi connectivity index (χ1) is 10.5. The van der Waals surface area contributed by atoms with Crippen molar-refractivity contribution >= 4 is 23.0 Å². The molecule has 1 aromatic rings. The zero-order valence-electron chi connectivity index (χ0n) is 12.5. The summed E-state index contributed by atoms with van der Waals surface area (Å²) in [6, 6.07) is 4.33. The Hall–Kier alpha value is -1.89. The van der Waals surface area contributed by atoms with Crippen molar-refractivity contribution in [1.29, 1.82) is 0 Å². The van der Waals surface area contributed by atoms with E-state index in [4.69, 9.17) is 12.2 Å². The van der Waals surface area contributed by atoms with Crippen LogP contribution in [-0.4, -0.2) is 21.2 Å². The van der Waals surface area contributed by atoms with Crippen LogP contribution in [0.2, 0.25) is 0 Å². The van der Waals surface area contributed by atoms with E-state index in [-0.39, 0.29) is 18.0 Å². The summed E-state index contributed by atoms with van der Waals surface area (Å²) in [5, 5.41) is 27.4. The maximum Gasteiger partial charge on any atom is 0.270 e. The normalized spacial score (nSPS) is 21.1. The first-order valence-electron chi connectivity index (χ1n) is 7.48. The van der Waals surface area contributed by atoms with Gasteiger partial charge in [-0.2, -0.15) is 0 Å². The monoisotopic (exact) mass is 323 g/mol.